The molecule has 10 heteroatoms. The zero-order valence-corrected chi connectivity index (χ0v) is 21.4. The van der Waals surface area contributed by atoms with E-state index in [9.17, 15) is 8.42 Å². The maximum absolute atomic E-state index is 12.2. The SMILES string of the molecule is CN=C(NCc1ccc(S(=O)(=O)N(C)C)cc1)NCC(c1ccco1)N1CCCC1.I. The molecule has 31 heavy (non-hydrogen) atoms. The van der Waals surface area contributed by atoms with Crippen LogP contribution in [-0.4, -0.2) is 64.4 Å². The summed E-state index contributed by atoms with van der Waals surface area (Å²) < 4.78 is 31.2. The van der Waals surface area contributed by atoms with Gasteiger partial charge in [0.05, 0.1) is 17.2 Å². The molecule has 1 atom stereocenters. The summed E-state index contributed by atoms with van der Waals surface area (Å²) in [5.74, 6) is 1.65. The van der Waals surface area contributed by atoms with Crippen molar-refractivity contribution in [1.82, 2.24) is 19.8 Å². The molecule has 2 heterocycles. The quantitative estimate of drug-likeness (QED) is 0.293. The highest BCUT2D eigenvalue weighted by molar-refractivity contribution is 14.0. The van der Waals surface area contributed by atoms with Crippen molar-refractivity contribution in [1.29, 1.82) is 0 Å². The van der Waals surface area contributed by atoms with Crippen LogP contribution in [0.3, 0.4) is 0 Å². The van der Waals surface area contributed by atoms with E-state index in [1.54, 1.807) is 25.4 Å². The first-order valence-electron chi connectivity index (χ1n) is 10.2. The predicted molar refractivity (Wildman–Crippen MR) is 133 cm³/mol. The van der Waals surface area contributed by atoms with Gasteiger partial charge in [-0.1, -0.05) is 12.1 Å². The van der Waals surface area contributed by atoms with Crippen molar-refractivity contribution in [2.24, 2.45) is 4.99 Å². The van der Waals surface area contributed by atoms with Gasteiger partial charge in [0.1, 0.15) is 5.76 Å². The number of nitrogens with one attached hydrogen (secondary N) is 2. The first-order chi connectivity index (χ1) is 14.4. The first kappa shape index (κ1) is 25.6. The van der Waals surface area contributed by atoms with E-state index in [1.807, 2.05) is 24.3 Å². The van der Waals surface area contributed by atoms with Gasteiger partial charge in [0.15, 0.2) is 5.96 Å². The smallest absolute Gasteiger partial charge is 0.242 e. The third kappa shape index (κ3) is 6.67. The fraction of sp³-hybridized carbons (Fsp3) is 0.476. The lowest BCUT2D eigenvalue weighted by Crippen LogP contribution is -2.42. The molecule has 1 fully saturated rings. The number of benzene rings is 1. The summed E-state index contributed by atoms with van der Waals surface area (Å²) in [6.45, 7) is 3.37. The molecule has 0 radical (unpaired) electrons. The molecule has 3 rings (SSSR count). The van der Waals surface area contributed by atoms with Gasteiger partial charge in [0.2, 0.25) is 10.0 Å². The molecule has 172 valence electrons. The van der Waals surface area contributed by atoms with E-state index in [0.29, 0.717) is 19.0 Å². The van der Waals surface area contributed by atoms with Crippen molar-refractivity contribution in [3.63, 3.8) is 0 Å². The van der Waals surface area contributed by atoms with Gasteiger partial charge in [-0.2, -0.15) is 0 Å². The Balaban J connectivity index is 0.00000341. The summed E-state index contributed by atoms with van der Waals surface area (Å²) in [6, 6.07) is 11.0. The number of nitrogens with zero attached hydrogens (tertiary/aromatic N) is 3. The Kier molecular flexibility index (Phi) is 9.79. The Hall–Kier alpha value is -1.63. The number of hydrogen-bond donors (Lipinski definition) is 2. The van der Waals surface area contributed by atoms with Gasteiger partial charge >= 0.3 is 0 Å². The fourth-order valence-electron chi connectivity index (χ4n) is 3.53. The van der Waals surface area contributed by atoms with E-state index < -0.39 is 10.0 Å². The summed E-state index contributed by atoms with van der Waals surface area (Å²) in [5.41, 5.74) is 0.970. The van der Waals surface area contributed by atoms with Crippen molar-refractivity contribution in [2.75, 3.05) is 40.8 Å². The molecule has 1 aromatic carbocycles. The normalized spacial score (nSPS) is 16.2. The van der Waals surface area contributed by atoms with Crippen LogP contribution in [0.2, 0.25) is 0 Å². The highest BCUT2D eigenvalue weighted by Gasteiger charge is 2.25. The molecule has 0 bridgehead atoms. The molecule has 2 N–H and O–H groups in total. The van der Waals surface area contributed by atoms with Crippen LogP contribution in [0, 0.1) is 0 Å². The van der Waals surface area contributed by atoms with Crippen LogP contribution in [0.25, 0.3) is 0 Å². The van der Waals surface area contributed by atoms with Gasteiger partial charge in [0.25, 0.3) is 0 Å². The lowest BCUT2D eigenvalue weighted by Gasteiger charge is -2.26. The molecule has 0 saturated carbocycles. The molecule has 1 aromatic heterocycles. The second-order valence-corrected chi connectivity index (χ2v) is 9.66. The van der Waals surface area contributed by atoms with E-state index in [1.165, 1.54) is 31.2 Å². The van der Waals surface area contributed by atoms with Gasteiger partial charge in [-0.3, -0.25) is 9.89 Å². The average molecular weight is 561 g/mol. The lowest BCUT2D eigenvalue weighted by molar-refractivity contribution is 0.215. The summed E-state index contributed by atoms with van der Waals surface area (Å²) >= 11 is 0. The van der Waals surface area contributed by atoms with Gasteiger partial charge in [-0.25, -0.2) is 12.7 Å². The van der Waals surface area contributed by atoms with Crippen LogP contribution in [0.4, 0.5) is 0 Å². The lowest BCUT2D eigenvalue weighted by atomic mass is 10.2. The maximum Gasteiger partial charge on any atom is 0.242 e. The molecule has 1 saturated heterocycles. The average Bonchev–Trinajstić information content (AvgIpc) is 3.45. The van der Waals surface area contributed by atoms with Crippen LogP contribution in [0.15, 0.2) is 57.0 Å². The molecule has 2 aromatic rings. The number of sulfonamides is 1. The molecule has 0 aliphatic carbocycles. The molecule has 1 aliphatic heterocycles. The third-order valence-electron chi connectivity index (χ3n) is 5.30. The monoisotopic (exact) mass is 561 g/mol. The highest BCUT2D eigenvalue weighted by atomic mass is 127. The summed E-state index contributed by atoms with van der Waals surface area (Å²) in [4.78, 5) is 7.02. The van der Waals surface area contributed by atoms with Crippen LogP contribution in [0.5, 0.6) is 0 Å². The predicted octanol–water partition coefficient (Wildman–Crippen LogP) is 2.65. The highest BCUT2D eigenvalue weighted by Crippen LogP contribution is 2.24. The number of hydrogen-bond acceptors (Lipinski definition) is 5. The number of likely N-dealkylation sites (tertiary alicyclic amines) is 1. The largest absolute Gasteiger partial charge is 0.468 e. The molecule has 0 amide bonds. The Labute approximate surface area is 202 Å². The maximum atomic E-state index is 12.2. The number of guanidine groups is 1. The van der Waals surface area contributed by atoms with E-state index in [2.05, 4.69) is 20.5 Å². The topological polar surface area (TPSA) is 90.2 Å². The van der Waals surface area contributed by atoms with Crippen molar-refractivity contribution in [2.45, 2.75) is 30.3 Å². The van der Waals surface area contributed by atoms with Gasteiger partial charge in [0, 0.05) is 34.2 Å². The zero-order valence-electron chi connectivity index (χ0n) is 18.2. The Morgan fingerprint density at radius 2 is 1.84 bits per heavy atom. The molecule has 0 spiro atoms. The third-order valence-corrected chi connectivity index (χ3v) is 7.13. The van der Waals surface area contributed by atoms with Crippen LogP contribution >= 0.6 is 24.0 Å². The van der Waals surface area contributed by atoms with Crippen LogP contribution < -0.4 is 10.6 Å². The van der Waals surface area contributed by atoms with Crippen molar-refractivity contribution in [3.05, 3.63) is 54.0 Å². The number of furan rings is 1. The second kappa shape index (κ2) is 11.8. The van der Waals surface area contributed by atoms with Crippen molar-refractivity contribution < 1.29 is 12.8 Å². The summed E-state index contributed by atoms with van der Waals surface area (Å²) in [5, 5.41) is 6.68. The van der Waals surface area contributed by atoms with E-state index in [-0.39, 0.29) is 34.9 Å². The Morgan fingerprint density at radius 1 is 1.16 bits per heavy atom. The minimum atomic E-state index is -3.41. The van der Waals surface area contributed by atoms with Crippen LogP contribution in [0.1, 0.15) is 30.2 Å². The van der Waals surface area contributed by atoms with Gasteiger partial charge in [-0.15, -0.1) is 24.0 Å². The summed E-state index contributed by atoms with van der Waals surface area (Å²) in [6.07, 6.45) is 4.14. The number of halogens is 1. The van der Waals surface area contributed by atoms with Gasteiger partial charge in [-0.05, 0) is 55.8 Å². The Bertz CT molecular complexity index is 924. The van der Waals surface area contributed by atoms with Gasteiger partial charge < -0.3 is 15.1 Å². The second-order valence-electron chi connectivity index (χ2n) is 7.51. The van der Waals surface area contributed by atoms with E-state index in [0.717, 1.165) is 24.4 Å². The fourth-order valence-corrected chi connectivity index (χ4v) is 4.44. The molecular weight excluding hydrogens is 529 g/mol. The standard InChI is InChI=1S/C21H31N5O3S.HI/c1-22-21(23-15-17-8-10-18(11-9-17)30(27,28)25(2)3)24-16-19(20-7-6-14-29-20)26-12-4-5-13-26;/h6-11,14,19H,4-5,12-13,15-16H2,1-3H3,(H2,22,23,24);1H. The van der Waals surface area contributed by atoms with E-state index in [4.69, 9.17) is 4.42 Å². The van der Waals surface area contributed by atoms with E-state index >= 15 is 0 Å². The number of rotatable bonds is 8. The number of aliphatic imine (C=N–C) groups is 1. The molecular formula is C21H32IN5O3S. The minimum absolute atomic E-state index is 0. The van der Waals surface area contributed by atoms with Crippen molar-refractivity contribution >= 4 is 40.0 Å². The van der Waals surface area contributed by atoms with Crippen LogP contribution in [-0.2, 0) is 16.6 Å². The summed E-state index contributed by atoms with van der Waals surface area (Å²) in [7, 11) is 1.37. The Morgan fingerprint density at radius 3 is 2.39 bits per heavy atom. The molecule has 1 aliphatic rings. The molecule has 8 nitrogen and oxygen atoms in total. The van der Waals surface area contributed by atoms with Crippen molar-refractivity contribution in [3.8, 4) is 0 Å². The molecule has 1 unspecified atom stereocenters. The minimum Gasteiger partial charge on any atom is -0.468 e. The zero-order chi connectivity index (χ0) is 21.6. The first-order valence-corrected chi connectivity index (χ1v) is 11.6.